The van der Waals surface area contributed by atoms with Gasteiger partial charge in [-0.2, -0.15) is 0 Å². The first kappa shape index (κ1) is 10.5. The standard InChI is InChI=1S/C9H18N2O2/c1-2-13-9(12)7-3-5-8(11-10)6-4-7/h7-8,11H,2-6,10H2,1H3. The zero-order valence-electron chi connectivity index (χ0n) is 8.08. The van der Waals surface area contributed by atoms with Crippen molar-refractivity contribution in [1.29, 1.82) is 0 Å². The van der Waals surface area contributed by atoms with E-state index in [4.69, 9.17) is 10.6 Å². The average Bonchev–Trinajstić information content (AvgIpc) is 2.18. The zero-order chi connectivity index (χ0) is 9.68. The first-order chi connectivity index (χ1) is 6.27. The highest BCUT2D eigenvalue weighted by Crippen LogP contribution is 2.24. The van der Waals surface area contributed by atoms with E-state index in [1.54, 1.807) is 0 Å². The minimum absolute atomic E-state index is 0.0435. The summed E-state index contributed by atoms with van der Waals surface area (Å²) < 4.78 is 4.96. The van der Waals surface area contributed by atoms with Crippen molar-refractivity contribution in [2.45, 2.75) is 38.6 Å². The lowest BCUT2D eigenvalue weighted by atomic mass is 9.86. The van der Waals surface area contributed by atoms with Crippen LogP contribution < -0.4 is 11.3 Å². The molecule has 1 aliphatic carbocycles. The van der Waals surface area contributed by atoms with Crippen molar-refractivity contribution in [3.05, 3.63) is 0 Å². The molecule has 3 N–H and O–H groups in total. The molecule has 0 saturated heterocycles. The molecule has 1 fully saturated rings. The minimum Gasteiger partial charge on any atom is -0.466 e. The van der Waals surface area contributed by atoms with Crippen molar-refractivity contribution in [2.75, 3.05) is 6.61 Å². The van der Waals surface area contributed by atoms with Crippen molar-refractivity contribution in [1.82, 2.24) is 5.43 Å². The van der Waals surface area contributed by atoms with Crippen LogP contribution in [0.1, 0.15) is 32.6 Å². The van der Waals surface area contributed by atoms with Crippen LogP contribution in [0.5, 0.6) is 0 Å². The smallest absolute Gasteiger partial charge is 0.308 e. The lowest BCUT2D eigenvalue weighted by Crippen LogP contribution is -2.39. The molecule has 4 nitrogen and oxygen atoms in total. The molecule has 76 valence electrons. The SMILES string of the molecule is CCOC(=O)C1CCC(NN)CC1. The summed E-state index contributed by atoms with van der Waals surface area (Å²) in [5.74, 6) is 5.38. The second-order valence-electron chi connectivity index (χ2n) is 3.47. The molecular formula is C9H18N2O2. The van der Waals surface area contributed by atoms with Crippen LogP contribution in [0.3, 0.4) is 0 Å². The molecule has 0 radical (unpaired) electrons. The summed E-state index contributed by atoms with van der Waals surface area (Å²) in [4.78, 5) is 11.3. The maximum Gasteiger partial charge on any atom is 0.308 e. The molecule has 0 aromatic heterocycles. The monoisotopic (exact) mass is 186 g/mol. The van der Waals surface area contributed by atoms with Gasteiger partial charge in [0.15, 0.2) is 0 Å². The summed E-state index contributed by atoms with van der Waals surface area (Å²) in [7, 11) is 0. The van der Waals surface area contributed by atoms with Gasteiger partial charge in [-0.15, -0.1) is 0 Å². The first-order valence-corrected chi connectivity index (χ1v) is 4.90. The molecule has 1 aliphatic rings. The van der Waals surface area contributed by atoms with Gasteiger partial charge in [-0.3, -0.25) is 16.1 Å². The van der Waals surface area contributed by atoms with Gasteiger partial charge in [0.05, 0.1) is 12.5 Å². The molecule has 0 atom stereocenters. The molecule has 0 amide bonds. The van der Waals surface area contributed by atoms with Gasteiger partial charge in [-0.25, -0.2) is 0 Å². The second kappa shape index (κ2) is 5.19. The predicted octanol–water partition coefficient (Wildman–Crippen LogP) is 0.572. The topological polar surface area (TPSA) is 64.3 Å². The van der Waals surface area contributed by atoms with E-state index in [0.29, 0.717) is 12.6 Å². The molecular weight excluding hydrogens is 168 g/mol. The Morgan fingerprint density at radius 1 is 1.46 bits per heavy atom. The van der Waals surface area contributed by atoms with Crippen LogP contribution in [0.2, 0.25) is 0 Å². The number of rotatable bonds is 3. The number of esters is 1. The van der Waals surface area contributed by atoms with Gasteiger partial charge in [-0.05, 0) is 32.6 Å². The molecule has 4 heteroatoms. The van der Waals surface area contributed by atoms with E-state index in [-0.39, 0.29) is 11.9 Å². The first-order valence-electron chi connectivity index (χ1n) is 4.90. The molecule has 1 saturated carbocycles. The molecule has 1 rings (SSSR count). The number of hydrazine groups is 1. The quantitative estimate of drug-likeness (QED) is 0.384. The van der Waals surface area contributed by atoms with E-state index in [0.717, 1.165) is 25.7 Å². The van der Waals surface area contributed by atoms with Gasteiger partial charge in [0.1, 0.15) is 0 Å². The van der Waals surface area contributed by atoms with Crippen molar-refractivity contribution in [3.63, 3.8) is 0 Å². The lowest BCUT2D eigenvalue weighted by molar-refractivity contribution is -0.149. The normalized spacial score (nSPS) is 28.5. The summed E-state index contributed by atoms with van der Waals surface area (Å²) in [5.41, 5.74) is 2.74. The Balaban J connectivity index is 2.28. The van der Waals surface area contributed by atoms with Crippen LogP contribution >= 0.6 is 0 Å². The lowest BCUT2D eigenvalue weighted by Gasteiger charge is -2.26. The minimum atomic E-state index is -0.0435. The van der Waals surface area contributed by atoms with Crippen LogP contribution in [0.4, 0.5) is 0 Å². The summed E-state index contributed by atoms with van der Waals surface area (Å²) in [6.07, 6.45) is 3.74. The van der Waals surface area contributed by atoms with E-state index in [1.807, 2.05) is 6.92 Å². The molecule has 0 unspecified atom stereocenters. The Morgan fingerprint density at radius 2 is 2.08 bits per heavy atom. The van der Waals surface area contributed by atoms with Crippen molar-refractivity contribution >= 4 is 5.97 Å². The molecule has 0 aliphatic heterocycles. The van der Waals surface area contributed by atoms with Crippen LogP contribution in [-0.2, 0) is 9.53 Å². The number of hydrogen-bond donors (Lipinski definition) is 2. The third-order valence-corrected chi connectivity index (χ3v) is 2.58. The number of nitrogens with two attached hydrogens (primary N) is 1. The van der Waals surface area contributed by atoms with E-state index in [1.165, 1.54) is 0 Å². The van der Waals surface area contributed by atoms with Gasteiger partial charge in [0.2, 0.25) is 0 Å². The third kappa shape index (κ3) is 2.97. The maximum atomic E-state index is 11.3. The van der Waals surface area contributed by atoms with Gasteiger partial charge in [0.25, 0.3) is 0 Å². The molecule has 0 bridgehead atoms. The fraction of sp³-hybridized carbons (Fsp3) is 0.889. The Kier molecular flexibility index (Phi) is 4.18. The number of hydrogen-bond acceptors (Lipinski definition) is 4. The van der Waals surface area contributed by atoms with E-state index in [2.05, 4.69) is 5.43 Å². The highest BCUT2D eigenvalue weighted by molar-refractivity contribution is 5.72. The van der Waals surface area contributed by atoms with Crippen LogP contribution in [0.25, 0.3) is 0 Å². The number of ether oxygens (including phenoxy) is 1. The molecule has 0 aromatic carbocycles. The Morgan fingerprint density at radius 3 is 2.54 bits per heavy atom. The summed E-state index contributed by atoms with van der Waals surface area (Å²) in [6, 6.07) is 0.380. The van der Waals surface area contributed by atoms with E-state index < -0.39 is 0 Å². The van der Waals surface area contributed by atoms with Crippen LogP contribution in [-0.4, -0.2) is 18.6 Å². The Hall–Kier alpha value is -0.610. The second-order valence-corrected chi connectivity index (χ2v) is 3.47. The fourth-order valence-corrected chi connectivity index (χ4v) is 1.76. The summed E-state index contributed by atoms with van der Waals surface area (Å²) >= 11 is 0. The van der Waals surface area contributed by atoms with Crippen LogP contribution in [0, 0.1) is 5.92 Å². The molecule has 0 spiro atoms. The van der Waals surface area contributed by atoms with Crippen molar-refractivity contribution in [2.24, 2.45) is 11.8 Å². The van der Waals surface area contributed by atoms with Gasteiger partial charge >= 0.3 is 5.97 Å². The Bertz CT molecular complexity index is 165. The van der Waals surface area contributed by atoms with Gasteiger partial charge < -0.3 is 4.74 Å². The Labute approximate surface area is 78.8 Å². The zero-order valence-corrected chi connectivity index (χ0v) is 8.08. The van der Waals surface area contributed by atoms with Crippen LogP contribution in [0.15, 0.2) is 0 Å². The molecule has 0 heterocycles. The molecule has 13 heavy (non-hydrogen) atoms. The van der Waals surface area contributed by atoms with E-state index in [9.17, 15) is 4.79 Å². The third-order valence-electron chi connectivity index (χ3n) is 2.58. The number of carbonyl (C=O) groups excluding carboxylic acids is 1. The van der Waals surface area contributed by atoms with E-state index >= 15 is 0 Å². The average molecular weight is 186 g/mol. The van der Waals surface area contributed by atoms with Crippen molar-refractivity contribution in [3.8, 4) is 0 Å². The van der Waals surface area contributed by atoms with Gasteiger partial charge in [0, 0.05) is 6.04 Å². The highest BCUT2D eigenvalue weighted by atomic mass is 16.5. The highest BCUT2D eigenvalue weighted by Gasteiger charge is 2.26. The number of carbonyl (C=O) groups is 1. The summed E-state index contributed by atoms with van der Waals surface area (Å²) in [6.45, 7) is 2.32. The molecule has 0 aromatic rings. The fourth-order valence-electron chi connectivity index (χ4n) is 1.76. The largest absolute Gasteiger partial charge is 0.466 e. The van der Waals surface area contributed by atoms with Crippen molar-refractivity contribution < 1.29 is 9.53 Å². The predicted molar refractivity (Wildman–Crippen MR) is 49.7 cm³/mol. The summed E-state index contributed by atoms with van der Waals surface area (Å²) in [5, 5.41) is 0. The van der Waals surface area contributed by atoms with Gasteiger partial charge in [-0.1, -0.05) is 0 Å². The maximum absolute atomic E-state index is 11.3. The number of nitrogens with one attached hydrogen (secondary N) is 1.